The molecule has 28 heavy (non-hydrogen) atoms. The van der Waals surface area contributed by atoms with Crippen LogP contribution < -0.4 is 0 Å². The van der Waals surface area contributed by atoms with Crippen molar-refractivity contribution in [1.29, 1.82) is 0 Å². The molecular weight excluding hydrogens is 348 g/mol. The molecule has 0 saturated carbocycles. The van der Waals surface area contributed by atoms with Crippen molar-refractivity contribution in [3.05, 3.63) is 102 Å². The molecule has 0 aliphatic rings. The molecular formula is C24H28N2O2. The van der Waals surface area contributed by atoms with E-state index in [1.807, 2.05) is 61.7 Å². The molecule has 2 N–H and O–H groups in total. The first-order chi connectivity index (χ1) is 13.7. The fourth-order valence-electron chi connectivity index (χ4n) is 3.69. The monoisotopic (exact) mass is 376 g/mol. The summed E-state index contributed by atoms with van der Waals surface area (Å²) in [7, 11) is 0. The summed E-state index contributed by atoms with van der Waals surface area (Å²) in [6, 6.07) is 24.3. The second-order valence-corrected chi connectivity index (χ2v) is 7.54. The highest BCUT2D eigenvalue weighted by molar-refractivity contribution is 5.22. The maximum atomic E-state index is 10.2. The van der Waals surface area contributed by atoms with Crippen LogP contribution in [0.3, 0.4) is 0 Å². The summed E-state index contributed by atoms with van der Waals surface area (Å²) in [5.41, 5.74) is 2.64. The SMILES string of the molecule is CC(CO)(CO)C(c1cccnc1)N(Cc1ccccc1)Cc1ccccc1. The third-order valence-electron chi connectivity index (χ3n) is 5.20. The van der Waals surface area contributed by atoms with E-state index in [9.17, 15) is 10.2 Å². The highest BCUT2D eigenvalue weighted by Crippen LogP contribution is 2.39. The Morgan fingerprint density at radius 1 is 0.821 bits per heavy atom. The minimum atomic E-state index is -0.716. The Kier molecular flexibility index (Phi) is 6.93. The van der Waals surface area contributed by atoms with E-state index in [4.69, 9.17) is 0 Å². The summed E-state index contributed by atoms with van der Waals surface area (Å²) < 4.78 is 0. The molecule has 0 saturated heterocycles. The highest BCUT2D eigenvalue weighted by Gasteiger charge is 2.38. The zero-order valence-electron chi connectivity index (χ0n) is 16.3. The zero-order chi connectivity index (χ0) is 19.8. The van der Waals surface area contributed by atoms with Crippen LogP contribution in [0.1, 0.15) is 29.7 Å². The quantitative estimate of drug-likeness (QED) is 0.596. The van der Waals surface area contributed by atoms with Crippen molar-refractivity contribution in [3.8, 4) is 0 Å². The standard InChI is InChI=1S/C24H28N2O2/c1-24(18-27,19-28)23(22-13-8-14-25-15-22)26(16-20-9-4-2-5-10-20)17-21-11-6-3-7-12-21/h2-15,23,27-28H,16-19H2,1H3. The van der Waals surface area contributed by atoms with Crippen LogP contribution in [0.15, 0.2) is 85.2 Å². The van der Waals surface area contributed by atoms with Crippen LogP contribution >= 0.6 is 0 Å². The minimum absolute atomic E-state index is 0.122. The van der Waals surface area contributed by atoms with E-state index in [2.05, 4.69) is 34.1 Å². The lowest BCUT2D eigenvalue weighted by Crippen LogP contribution is -2.43. The van der Waals surface area contributed by atoms with Crippen LogP contribution in [0.5, 0.6) is 0 Å². The number of hydrogen-bond acceptors (Lipinski definition) is 4. The molecule has 0 spiro atoms. The Morgan fingerprint density at radius 2 is 1.36 bits per heavy atom. The van der Waals surface area contributed by atoms with Gasteiger partial charge in [-0.1, -0.05) is 73.7 Å². The Morgan fingerprint density at radius 3 is 1.79 bits per heavy atom. The molecule has 0 aliphatic carbocycles. The van der Waals surface area contributed by atoms with Gasteiger partial charge in [-0.2, -0.15) is 0 Å². The Balaban J connectivity index is 2.04. The van der Waals surface area contributed by atoms with Crippen molar-refractivity contribution in [2.75, 3.05) is 13.2 Å². The summed E-state index contributed by atoms with van der Waals surface area (Å²) in [5.74, 6) is 0. The average Bonchev–Trinajstić information content (AvgIpc) is 2.76. The predicted octanol–water partition coefficient (Wildman–Crippen LogP) is 3.82. The van der Waals surface area contributed by atoms with Gasteiger partial charge in [0.2, 0.25) is 0 Å². The minimum Gasteiger partial charge on any atom is -0.396 e. The highest BCUT2D eigenvalue weighted by atomic mass is 16.3. The van der Waals surface area contributed by atoms with Gasteiger partial charge in [-0.05, 0) is 22.8 Å². The zero-order valence-corrected chi connectivity index (χ0v) is 16.3. The van der Waals surface area contributed by atoms with Crippen LogP contribution in [0.2, 0.25) is 0 Å². The van der Waals surface area contributed by atoms with Crippen LogP contribution in [-0.4, -0.2) is 33.3 Å². The van der Waals surface area contributed by atoms with Gasteiger partial charge in [0.1, 0.15) is 0 Å². The van der Waals surface area contributed by atoms with Gasteiger partial charge in [0, 0.05) is 36.9 Å². The number of rotatable bonds is 9. The topological polar surface area (TPSA) is 56.6 Å². The molecule has 146 valence electrons. The Labute approximate surface area is 167 Å². The normalized spacial score (nSPS) is 12.9. The Bertz CT molecular complexity index is 779. The lowest BCUT2D eigenvalue weighted by atomic mass is 9.79. The molecule has 1 unspecified atom stereocenters. The summed E-state index contributed by atoms with van der Waals surface area (Å²) >= 11 is 0. The molecule has 0 bridgehead atoms. The summed E-state index contributed by atoms with van der Waals surface area (Å²) in [6.07, 6.45) is 3.58. The smallest absolute Gasteiger partial charge is 0.0525 e. The van der Waals surface area contributed by atoms with Crippen LogP contribution in [0.25, 0.3) is 0 Å². The number of nitrogens with zero attached hydrogens (tertiary/aromatic N) is 2. The van der Waals surface area contributed by atoms with Crippen LogP contribution in [-0.2, 0) is 13.1 Å². The van der Waals surface area contributed by atoms with Gasteiger partial charge in [-0.25, -0.2) is 0 Å². The maximum absolute atomic E-state index is 10.2. The first-order valence-electron chi connectivity index (χ1n) is 9.60. The molecule has 3 aromatic rings. The number of benzene rings is 2. The fourth-order valence-corrected chi connectivity index (χ4v) is 3.69. The van der Waals surface area contributed by atoms with Crippen LogP contribution in [0, 0.1) is 5.41 Å². The number of hydrogen-bond donors (Lipinski definition) is 2. The van der Waals surface area contributed by atoms with Gasteiger partial charge < -0.3 is 10.2 Å². The largest absolute Gasteiger partial charge is 0.396 e. The van der Waals surface area contributed by atoms with Crippen molar-refractivity contribution in [2.24, 2.45) is 5.41 Å². The second-order valence-electron chi connectivity index (χ2n) is 7.54. The van der Waals surface area contributed by atoms with E-state index in [1.165, 1.54) is 11.1 Å². The summed E-state index contributed by atoms with van der Waals surface area (Å²) in [6.45, 7) is 3.08. The molecule has 1 aromatic heterocycles. The lowest BCUT2D eigenvalue weighted by Gasteiger charge is -2.42. The molecule has 3 rings (SSSR count). The molecule has 0 amide bonds. The van der Waals surface area contributed by atoms with Gasteiger partial charge >= 0.3 is 0 Å². The first kappa shape index (κ1) is 20.2. The van der Waals surface area contributed by atoms with E-state index in [0.29, 0.717) is 13.1 Å². The fraction of sp³-hybridized carbons (Fsp3) is 0.292. The predicted molar refractivity (Wildman–Crippen MR) is 111 cm³/mol. The number of aromatic nitrogens is 1. The molecule has 0 fully saturated rings. The molecule has 0 radical (unpaired) electrons. The molecule has 0 aliphatic heterocycles. The molecule has 2 aromatic carbocycles. The van der Waals surface area contributed by atoms with Gasteiger partial charge in [-0.15, -0.1) is 0 Å². The molecule has 1 atom stereocenters. The van der Waals surface area contributed by atoms with E-state index in [0.717, 1.165) is 5.56 Å². The molecule has 1 heterocycles. The van der Waals surface area contributed by atoms with Crippen molar-refractivity contribution in [2.45, 2.75) is 26.1 Å². The van der Waals surface area contributed by atoms with Crippen molar-refractivity contribution >= 4 is 0 Å². The van der Waals surface area contributed by atoms with Gasteiger partial charge in [0.15, 0.2) is 0 Å². The van der Waals surface area contributed by atoms with E-state index in [-0.39, 0.29) is 19.3 Å². The number of pyridine rings is 1. The first-order valence-corrected chi connectivity index (χ1v) is 9.60. The van der Waals surface area contributed by atoms with Crippen molar-refractivity contribution < 1.29 is 10.2 Å². The van der Waals surface area contributed by atoms with Crippen molar-refractivity contribution in [1.82, 2.24) is 9.88 Å². The lowest BCUT2D eigenvalue weighted by molar-refractivity contribution is -0.0235. The third kappa shape index (κ3) is 4.84. The Hall–Kier alpha value is -2.53. The van der Waals surface area contributed by atoms with Crippen molar-refractivity contribution in [3.63, 3.8) is 0 Å². The van der Waals surface area contributed by atoms with Gasteiger partial charge in [0.05, 0.1) is 13.2 Å². The molecule has 4 nitrogen and oxygen atoms in total. The third-order valence-corrected chi connectivity index (χ3v) is 5.20. The maximum Gasteiger partial charge on any atom is 0.0525 e. The second kappa shape index (κ2) is 9.60. The van der Waals surface area contributed by atoms with Crippen LogP contribution in [0.4, 0.5) is 0 Å². The summed E-state index contributed by atoms with van der Waals surface area (Å²) in [4.78, 5) is 6.61. The molecule has 4 heteroatoms. The van der Waals surface area contributed by atoms with E-state index in [1.54, 1.807) is 6.20 Å². The van der Waals surface area contributed by atoms with Gasteiger partial charge in [-0.3, -0.25) is 9.88 Å². The number of aliphatic hydroxyl groups excluding tert-OH is 2. The van der Waals surface area contributed by atoms with E-state index >= 15 is 0 Å². The number of aliphatic hydroxyl groups is 2. The van der Waals surface area contributed by atoms with E-state index < -0.39 is 5.41 Å². The summed E-state index contributed by atoms with van der Waals surface area (Å²) in [5, 5.41) is 20.4. The van der Waals surface area contributed by atoms with Gasteiger partial charge in [0.25, 0.3) is 0 Å². The average molecular weight is 377 g/mol.